The third-order valence-electron chi connectivity index (χ3n) is 5.22. The topological polar surface area (TPSA) is 86.7 Å². The van der Waals surface area contributed by atoms with Gasteiger partial charge in [-0.25, -0.2) is 4.79 Å². The van der Waals surface area contributed by atoms with Crippen molar-refractivity contribution in [2.75, 3.05) is 13.6 Å². The highest BCUT2D eigenvalue weighted by Gasteiger charge is 2.53. The number of nitrogens with zero attached hydrogens (tertiary/aromatic N) is 1. The van der Waals surface area contributed by atoms with Crippen LogP contribution in [-0.4, -0.2) is 46.9 Å². The van der Waals surface area contributed by atoms with Crippen molar-refractivity contribution in [3.05, 3.63) is 12.7 Å². The second-order valence-electron chi connectivity index (χ2n) is 7.06. The molecule has 2 fully saturated rings. The smallest absolute Gasteiger partial charge is 0.329 e. The van der Waals surface area contributed by atoms with Gasteiger partial charge >= 0.3 is 5.97 Å². The molecule has 0 aliphatic heterocycles. The third kappa shape index (κ3) is 4.16. The minimum atomic E-state index is -1.08. The molecular formula is C18H28N2O4. The fourth-order valence-corrected chi connectivity index (χ4v) is 3.45. The van der Waals surface area contributed by atoms with Gasteiger partial charge in [-0.3, -0.25) is 9.59 Å². The Bertz CT molecular complexity index is 513. The lowest BCUT2D eigenvalue weighted by Gasteiger charge is -2.25. The zero-order valence-corrected chi connectivity index (χ0v) is 14.4. The van der Waals surface area contributed by atoms with Gasteiger partial charge in [0.15, 0.2) is 0 Å². The average molecular weight is 336 g/mol. The standard InChI is InChI=1S/C18H28N2O4/c1-3-4-5-6-12-20(2)16(22)14-9-7-8-13(14)15(21)19-18(10-11-18)17(23)24/h3,13-14H,1,4-12H2,2H3,(H,19,21)(H,23,24)/t13?,14-/m1/s1. The Morgan fingerprint density at radius 1 is 1.25 bits per heavy atom. The Morgan fingerprint density at radius 3 is 2.50 bits per heavy atom. The lowest BCUT2D eigenvalue weighted by atomic mass is 9.93. The van der Waals surface area contributed by atoms with Gasteiger partial charge in [0.2, 0.25) is 11.8 Å². The minimum Gasteiger partial charge on any atom is -0.480 e. The lowest BCUT2D eigenvalue weighted by molar-refractivity contribution is -0.145. The molecule has 134 valence electrons. The highest BCUT2D eigenvalue weighted by Crippen LogP contribution is 2.38. The van der Waals surface area contributed by atoms with Gasteiger partial charge in [-0.15, -0.1) is 6.58 Å². The number of unbranched alkanes of at least 4 members (excludes halogenated alkanes) is 2. The molecule has 0 aromatic carbocycles. The SMILES string of the molecule is C=CCCCCN(C)C(=O)[C@@H]1CCCC1C(=O)NC1(C(=O)O)CC1. The number of carboxylic acids is 1. The first-order chi connectivity index (χ1) is 11.4. The second kappa shape index (κ2) is 7.81. The van der Waals surface area contributed by atoms with E-state index in [0.29, 0.717) is 32.2 Å². The Balaban J connectivity index is 1.89. The maximum Gasteiger partial charge on any atom is 0.329 e. The van der Waals surface area contributed by atoms with Gasteiger partial charge in [0, 0.05) is 25.4 Å². The Kier molecular flexibility index (Phi) is 6.02. The first-order valence-electron chi connectivity index (χ1n) is 8.82. The molecule has 24 heavy (non-hydrogen) atoms. The molecule has 2 atom stereocenters. The average Bonchev–Trinajstić information content (AvgIpc) is 3.17. The van der Waals surface area contributed by atoms with E-state index in [9.17, 15) is 19.5 Å². The number of allylic oxidation sites excluding steroid dienone is 1. The molecule has 0 saturated heterocycles. The van der Waals surface area contributed by atoms with Crippen LogP contribution in [0.4, 0.5) is 0 Å². The van der Waals surface area contributed by atoms with E-state index in [0.717, 1.165) is 25.7 Å². The van der Waals surface area contributed by atoms with Crippen LogP contribution >= 0.6 is 0 Å². The number of amides is 2. The molecule has 6 heteroatoms. The Hall–Kier alpha value is -1.85. The molecule has 0 heterocycles. The van der Waals surface area contributed by atoms with Gasteiger partial charge in [-0.1, -0.05) is 12.5 Å². The van der Waals surface area contributed by atoms with Gasteiger partial charge in [-0.05, 0) is 44.9 Å². The van der Waals surface area contributed by atoms with Gasteiger partial charge in [-0.2, -0.15) is 0 Å². The van der Waals surface area contributed by atoms with Crippen molar-refractivity contribution in [3.63, 3.8) is 0 Å². The van der Waals surface area contributed by atoms with E-state index in [2.05, 4.69) is 11.9 Å². The van der Waals surface area contributed by atoms with Crippen molar-refractivity contribution in [1.29, 1.82) is 0 Å². The molecule has 0 radical (unpaired) electrons. The fourth-order valence-electron chi connectivity index (χ4n) is 3.45. The summed E-state index contributed by atoms with van der Waals surface area (Å²) in [6, 6.07) is 0. The molecule has 2 saturated carbocycles. The minimum absolute atomic E-state index is 0.00595. The van der Waals surface area contributed by atoms with E-state index in [1.54, 1.807) is 11.9 Å². The summed E-state index contributed by atoms with van der Waals surface area (Å²) in [6.07, 6.45) is 7.86. The quantitative estimate of drug-likeness (QED) is 0.498. The molecule has 2 amide bonds. The van der Waals surface area contributed by atoms with Gasteiger partial charge < -0.3 is 15.3 Å². The summed E-state index contributed by atoms with van der Waals surface area (Å²) in [5, 5.41) is 11.9. The largest absolute Gasteiger partial charge is 0.480 e. The number of hydrogen-bond acceptors (Lipinski definition) is 3. The van der Waals surface area contributed by atoms with Crippen LogP contribution in [0.25, 0.3) is 0 Å². The van der Waals surface area contributed by atoms with E-state index in [4.69, 9.17) is 0 Å². The number of carboxylic acid groups (broad SMARTS) is 1. The van der Waals surface area contributed by atoms with Crippen molar-refractivity contribution >= 4 is 17.8 Å². The number of hydrogen-bond donors (Lipinski definition) is 2. The Labute approximate surface area is 143 Å². The van der Waals surface area contributed by atoms with Crippen LogP contribution in [0.3, 0.4) is 0 Å². The van der Waals surface area contributed by atoms with Crippen LogP contribution in [0.5, 0.6) is 0 Å². The van der Waals surface area contributed by atoms with Gasteiger partial charge in [0.05, 0.1) is 0 Å². The highest BCUT2D eigenvalue weighted by molar-refractivity contribution is 5.93. The van der Waals surface area contributed by atoms with Crippen LogP contribution in [-0.2, 0) is 14.4 Å². The fraction of sp³-hybridized carbons (Fsp3) is 0.722. The predicted molar refractivity (Wildman–Crippen MR) is 90.3 cm³/mol. The van der Waals surface area contributed by atoms with E-state index in [1.165, 1.54) is 0 Å². The maximum absolute atomic E-state index is 12.6. The highest BCUT2D eigenvalue weighted by atomic mass is 16.4. The summed E-state index contributed by atoms with van der Waals surface area (Å²) >= 11 is 0. The molecule has 0 spiro atoms. The van der Waals surface area contributed by atoms with E-state index in [1.807, 2.05) is 6.08 Å². The first kappa shape index (κ1) is 18.5. The summed E-state index contributed by atoms with van der Waals surface area (Å²) in [5.41, 5.74) is -1.08. The molecule has 2 aliphatic rings. The van der Waals surface area contributed by atoms with E-state index >= 15 is 0 Å². The molecule has 2 rings (SSSR count). The first-order valence-corrected chi connectivity index (χ1v) is 8.82. The molecular weight excluding hydrogens is 308 g/mol. The van der Waals surface area contributed by atoms with Crippen molar-refractivity contribution in [2.24, 2.45) is 11.8 Å². The summed E-state index contributed by atoms with van der Waals surface area (Å²) in [4.78, 5) is 38.1. The van der Waals surface area contributed by atoms with Crippen LogP contribution in [0, 0.1) is 11.8 Å². The number of carbonyl (C=O) groups is 3. The summed E-state index contributed by atoms with van der Waals surface area (Å²) < 4.78 is 0. The summed E-state index contributed by atoms with van der Waals surface area (Å²) in [5.74, 6) is -1.96. The van der Waals surface area contributed by atoms with Crippen molar-refractivity contribution in [2.45, 2.75) is 56.9 Å². The van der Waals surface area contributed by atoms with E-state index < -0.39 is 17.4 Å². The monoisotopic (exact) mass is 336 g/mol. The van der Waals surface area contributed by atoms with Crippen LogP contribution < -0.4 is 5.32 Å². The van der Waals surface area contributed by atoms with Crippen molar-refractivity contribution in [1.82, 2.24) is 10.2 Å². The van der Waals surface area contributed by atoms with Crippen LogP contribution in [0.15, 0.2) is 12.7 Å². The van der Waals surface area contributed by atoms with Crippen molar-refractivity contribution in [3.8, 4) is 0 Å². The summed E-state index contributed by atoms with van der Waals surface area (Å²) in [7, 11) is 1.78. The maximum atomic E-state index is 12.6. The Morgan fingerprint density at radius 2 is 1.92 bits per heavy atom. The molecule has 1 unspecified atom stereocenters. The number of nitrogens with one attached hydrogen (secondary N) is 1. The summed E-state index contributed by atoms with van der Waals surface area (Å²) in [6.45, 7) is 4.36. The number of aliphatic carboxylic acids is 1. The van der Waals surface area contributed by atoms with Crippen LogP contribution in [0.1, 0.15) is 51.4 Å². The molecule has 2 N–H and O–H groups in total. The lowest BCUT2D eigenvalue weighted by Crippen LogP contribution is -2.48. The zero-order chi connectivity index (χ0) is 17.7. The molecule has 0 aromatic rings. The predicted octanol–water partition coefficient (Wildman–Crippen LogP) is 1.95. The van der Waals surface area contributed by atoms with Crippen molar-refractivity contribution < 1.29 is 19.5 Å². The molecule has 2 aliphatic carbocycles. The van der Waals surface area contributed by atoms with E-state index in [-0.39, 0.29) is 17.7 Å². The zero-order valence-electron chi connectivity index (χ0n) is 14.4. The molecule has 0 bridgehead atoms. The normalized spacial score (nSPS) is 24.2. The van der Waals surface area contributed by atoms with Gasteiger partial charge in [0.1, 0.15) is 5.54 Å². The van der Waals surface area contributed by atoms with Crippen LogP contribution in [0.2, 0.25) is 0 Å². The number of carbonyl (C=O) groups excluding carboxylic acids is 2. The van der Waals surface area contributed by atoms with Gasteiger partial charge in [0.25, 0.3) is 0 Å². The number of rotatable bonds is 9. The third-order valence-corrected chi connectivity index (χ3v) is 5.22. The second-order valence-corrected chi connectivity index (χ2v) is 7.06. The molecule has 0 aromatic heterocycles. The molecule has 6 nitrogen and oxygen atoms in total.